The van der Waals surface area contributed by atoms with E-state index in [1.807, 2.05) is 51.1 Å². The van der Waals surface area contributed by atoms with Gasteiger partial charge in [0.2, 0.25) is 0 Å². The lowest BCUT2D eigenvalue weighted by atomic mass is 10.0. The van der Waals surface area contributed by atoms with E-state index in [0.29, 0.717) is 50.0 Å². The van der Waals surface area contributed by atoms with Gasteiger partial charge in [0.05, 0.1) is 41.8 Å². The van der Waals surface area contributed by atoms with Crippen molar-refractivity contribution in [3.05, 3.63) is 52.7 Å². The van der Waals surface area contributed by atoms with Crippen LogP contribution in [0, 0.1) is 11.3 Å². The monoisotopic (exact) mass is 661 g/mol. The quantitative estimate of drug-likeness (QED) is 0.350. The fraction of sp³-hybridized carbons (Fsp3) is 0.500. The summed E-state index contributed by atoms with van der Waals surface area (Å²) in [5, 5.41) is 21.9. The Bertz CT molecular complexity index is 1700. The zero-order valence-corrected chi connectivity index (χ0v) is 27.7. The molecule has 3 aromatic rings. The minimum Gasteiger partial charge on any atom is -0.465 e. The Morgan fingerprint density at radius 2 is 1.83 bits per heavy atom. The number of carboxylic acid groups (broad SMARTS) is 1. The maximum absolute atomic E-state index is 12.9. The van der Waals surface area contributed by atoms with Crippen LogP contribution in [0.4, 0.5) is 21.1 Å². The van der Waals surface area contributed by atoms with Crippen LogP contribution in [0.25, 0.3) is 10.8 Å². The second kappa shape index (κ2) is 13.3. The summed E-state index contributed by atoms with van der Waals surface area (Å²) in [5.74, 6) is 0.698. The standard InChI is InChI=1S/C34H40ClN7O5/c1-34(2,3)47-33(45)42-15-6-9-24(42)21-46-31-37-27-20-39(28-11-5-8-22-7-4-10-26(35)29(22)28)16-13-25(27)30(38-31)40-17-18-41(32(43)44)23(19-40)12-14-36/h4-5,7-8,10-11,23-24H,6,9,12-13,15-21H2,1-3H3,(H,43,44). The van der Waals surface area contributed by atoms with Gasteiger partial charge in [-0.15, -0.1) is 0 Å². The van der Waals surface area contributed by atoms with Gasteiger partial charge in [-0.05, 0) is 57.6 Å². The molecule has 248 valence electrons. The molecule has 2 aromatic carbocycles. The fourth-order valence-electron chi connectivity index (χ4n) is 6.78. The molecule has 1 aromatic heterocycles. The second-order valence-corrected chi connectivity index (χ2v) is 13.7. The van der Waals surface area contributed by atoms with Gasteiger partial charge in [-0.1, -0.05) is 35.9 Å². The van der Waals surface area contributed by atoms with Crippen LogP contribution < -0.4 is 14.5 Å². The average molecular weight is 662 g/mol. The molecule has 2 atom stereocenters. The number of nitrogens with zero attached hydrogens (tertiary/aromatic N) is 7. The number of piperazine rings is 1. The van der Waals surface area contributed by atoms with E-state index in [4.69, 9.17) is 31.0 Å². The molecule has 1 N–H and O–H groups in total. The Balaban J connectivity index is 1.31. The number of aromatic nitrogens is 2. The van der Waals surface area contributed by atoms with E-state index in [0.717, 1.165) is 40.6 Å². The number of nitriles is 1. The van der Waals surface area contributed by atoms with Crippen LogP contribution in [0.3, 0.4) is 0 Å². The van der Waals surface area contributed by atoms with Crippen LogP contribution in [-0.2, 0) is 17.7 Å². The predicted octanol–water partition coefficient (Wildman–Crippen LogP) is 5.71. The molecule has 47 heavy (non-hydrogen) atoms. The highest BCUT2D eigenvalue weighted by Crippen LogP contribution is 2.37. The Kier molecular flexibility index (Phi) is 9.19. The second-order valence-electron chi connectivity index (χ2n) is 13.3. The van der Waals surface area contributed by atoms with E-state index in [2.05, 4.69) is 21.9 Å². The Hall–Kier alpha value is -4.50. The molecule has 2 unspecified atom stereocenters. The van der Waals surface area contributed by atoms with Crippen LogP contribution >= 0.6 is 11.6 Å². The summed E-state index contributed by atoms with van der Waals surface area (Å²) in [7, 11) is 0. The van der Waals surface area contributed by atoms with Gasteiger partial charge in [-0.25, -0.2) is 9.59 Å². The van der Waals surface area contributed by atoms with Crippen molar-refractivity contribution in [2.45, 2.75) is 70.7 Å². The van der Waals surface area contributed by atoms with Crippen molar-refractivity contribution in [2.24, 2.45) is 0 Å². The van der Waals surface area contributed by atoms with Gasteiger partial charge in [-0.3, -0.25) is 0 Å². The fourth-order valence-corrected chi connectivity index (χ4v) is 7.06. The number of fused-ring (bicyclic) bond motifs is 2. The summed E-state index contributed by atoms with van der Waals surface area (Å²) in [6.45, 7) is 8.57. The highest BCUT2D eigenvalue weighted by Gasteiger charge is 2.36. The molecule has 12 nitrogen and oxygen atoms in total. The van der Waals surface area contributed by atoms with Crippen molar-refractivity contribution in [3.63, 3.8) is 0 Å². The van der Waals surface area contributed by atoms with E-state index >= 15 is 0 Å². The molecule has 0 spiro atoms. The number of ether oxygens (including phenoxy) is 2. The van der Waals surface area contributed by atoms with Crippen molar-refractivity contribution >= 4 is 46.1 Å². The van der Waals surface area contributed by atoms with E-state index in [-0.39, 0.29) is 37.7 Å². The lowest BCUT2D eigenvalue weighted by Crippen LogP contribution is -2.55. The van der Waals surface area contributed by atoms with Crippen LogP contribution in [0.1, 0.15) is 51.3 Å². The van der Waals surface area contributed by atoms with Gasteiger partial charge < -0.3 is 34.2 Å². The van der Waals surface area contributed by atoms with Gasteiger partial charge in [0.1, 0.15) is 18.0 Å². The number of carbonyl (C=O) groups is 2. The summed E-state index contributed by atoms with van der Waals surface area (Å²) in [6, 6.07) is 13.7. The minimum atomic E-state index is -1.03. The van der Waals surface area contributed by atoms with Gasteiger partial charge in [0.15, 0.2) is 0 Å². The summed E-state index contributed by atoms with van der Waals surface area (Å²) >= 11 is 6.70. The molecule has 2 saturated heterocycles. The number of hydrogen-bond donors (Lipinski definition) is 1. The van der Waals surface area contributed by atoms with Crippen molar-refractivity contribution in [1.82, 2.24) is 19.8 Å². The number of anilines is 2. The highest BCUT2D eigenvalue weighted by molar-refractivity contribution is 6.36. The Labute approximate surface area is 279 Å². The van der Waals surface area contributed by atoms with Gasteiger partial charge >= 0.3 is 18.2 Å². The van der Waals surface area contributed by atoms with Gasteiger partial charge in [-0.2, -0.15) is 15.2 Å². The molecule has 3 aliphatic rings. The first kappa shape index (κ1) is 32.4. The molecule has 0 bridgehead atoms. The van der Waals surface area contributed by atoms with Gasteiger partial charge in [0.25, 0.3) is 0 Å². The lowest BCUT2D eigenvalue weighted by molar-refractivity contribution is 0.0183. The number of hydrogen-bond acceptors (Lipinski definition) is 9. The first-order valence-corrected chi connectivity index (χ1v) is 16.5. The molecule has 2 fully saturated rings. The average Bonchev–Trinajstić information content (AvgIpc) is 3.51. The van der Waals surface area contributed by atoms with Crippen LogP contribution in [0.5, 0.6) is 6.01 Å². The van der Waals surface area contributed by atoms with E-state index in [1.165, 1.54) is 4.90 Å². The van der Waals surface area contributed by atoms with E-state index in [9.17, 15) is 20.0 Å². The molecule has 0 radical (unpaired) electrons. The summed E-state index contributed by atoms with van der Waals surface area (Å²) in [5.41, 5.74) is 2.21. The first-order valence-electron chi connectivity index (χ1n) is 16.1. The number of rotatable bonds is 6. The lowest BCUT2D eigenvalue weighted by Gasteiger charge is -2.41. The van der Waals surface area contributed by atoms with Gasteiger partial charge in [0, 0.05) is 49.4 Å². The van der Waals surface area contributed by atoms with E-state index in [1.54, 1.807) is 4.90 Å². The molecule has 3 aliphatic heterocycles. The molecule has 2 amide bonds. The SMILES string of the molecule is CC(C)(C)OC(=O)N1CCCC1COc1nc2c(c(N3CCN(C(=O)O)C(CC#N)C3)n1)CCN(c1cccc3cccc(Cl)c13)C2. The smallest absolute Gasteiger partial charge is 0.410 e. The number of likely N-dealkylation sites (tertiary alicyclic amines) is 1. The third-order valence-electron chi connectivity index (χ3n) is 8.96. The number of amides is 2. The first-order chi connectivity index (χ1) is 22.5. The zero-order valence-electron chi connectivity index (χ0n) is 27.0. The van der Waals surface area contributed by atoms with Crippen LogP contribution in [-0.4, -0.2) is 94.1 Å². The summed E-state index contributed by atoms with van der Waals surface area (Å²) < 4.78 is 11.9. The van der Waals surface area contributed by atoms with Crippen LogP contribution in [0.15, 0.2) is 36.4 Å². The highest BCUT2D eigenvalue weighted by atomic mass is 35.5. The minimum absolute atomic E-state index is 0.0806. The maximum Gasteiger partial charge on any atom is 0.410 e. The third-order valence-corrected chi connectivity index (χ3v) is 9.28. The number of carbonyl (C=O) groups excluding carboxylic acids is 1. The van der Waals surface area contributed by atoms with Crippen molar-refractivity contribution in [1.29, 1.82) is 5.26 Å². The largest absolute Gasteiger partial charge is 0.465 e. The van der Waals surface area contributed by atoms with Crippen LogP contribution in [0.2, 0.25) is 5.02 Å². The number of halogens is 1. The molecule has 0 saturated carbocycles. The topological polar surface area (TPSA) is 135 Å². The van der Waals surface area contributed by atoms with Crippen molar-refractivity contribution in [3.8, 4) is 12.1 Å². The molecule has 13 heteroatoms. The third kappa shape index (κ3) is 6.95. The molecular formula is C34H40ClN7O5. The number of benzene rings is 2. The normalized spacial score (nSPS) is 19.8. The molecule has 4 heterocycles. The predicted molar refractivity (Wildman–Crippen MR) is 178 cm³/mol. The summed E-state index contributed by atoms with van der Waals surface area (Å²) in [4.78, 5) is 42.0. The van der Waals surface area contributed by atoms with Crippen molar-refractivity contribution < 1.29 is 24.2 Å². The Morgan fingerprint density at radius 3 is 2.57 bits per heavy atom. The Morgan fingerprint density at radius 1 is 1.04 bits per heavy atom. The zero-order chi connectivity index (χ0) is 33.3. The molecule has 0 aliphatic carbocycles. The van der Waals surface area contributed by atoms with Crippen molar-refractivity contribution in [2.75, 3.05) is 49.1 Å². The summed E-state index contributed by atoms with van der Waals surface area (Å²) in [6.07, 6.45) is 0.967. The molecular weight excluding hydrogens is 622 g/mol. The van der Waals surface area contributed by atoms with E-state index < -0.39 is 17.7 Å². The maximum atomic E-state index is 12.9. The molecule has 6 rings (SSSR count).